The highest BCUT2D eigenvalue weighted by Crippen LogP contribution is 2.11. The van der Waals surface area contributed by atoms with E-state index in [1.165, 1.54) is 6.92 Å². The minimum atomic E-state index is -1.00. The van der Waals surface area contributed by atoms with Gasteiger partial charge in [0.25, 0.3) is 0 Å². The molecule has 2 N–H and O–H groups in total. The number of nitrogens with one attached hydrogen (secondary N) is 1. The summed E-state index contributed by atoms with van der Waals surface area (Å²) in [5, 5.41) is 11.4. The van der Waals surface area contributed by atoms with Gasteiger partial charge in [-0.25, -0.2) is 0 Å². The van der Waals surface area contributed by atoms with E-state index in [1.54, 1.807) is 11.8 Å². The first-order valence-electron chi connectivity index (χ1n) is 6.79. The zero-order valence-corrected chi connectivity index (χ0v) is 11.9. The van der Waals surface area contributed by atoms with E-state index >= 15 is 0 Å². The molecule has 0 aromatic heterocycles. The second-order valence-corrected chi connectivity index (χ2v) is 4.95. The Labute approximate surface area is 118 Å². The molecule has 1 heterocycles. The van der Waals surface area contributed by atoms with E-state index in [2.05, 4.69) is 5.32 Å². The fourth-order valence-electron chi connectivity index (χ4n) is 1.87. The lowest BCUT2D eigenvalue weighted by molar-refractivity contribution is -0.146. The Hall–Kier alpha value is -1.63. The van der Waals surface area contributed by atoms with Crippen molar-refractivity contribution < 1.29 is 24.2 Å². The maximum atomic E-state index is 11.8. The van der Waals surface area contributed by atoms with Crippen molar-refractivity contribution in [3.63, 3.8) is 0 Å². The topological polar surface area (TPSA) is 95.9 Å². The summed E-state index contributed by atoms with van der Waals surface area (Å²) in [6.45, 7) is 5.55. The lowest BCUT2D eigenvalue weighted by Crippen LogP contribution is -2.42. The van der Waals surface area contributed by atoms with Crippen LogP contribution in [0.5, 0.6) is 0 Å². The van der Waals surface area contributed by atoms with Crippen molar-refractivity contribution in [1.29, 1.82) is 0 Å². The van der Waals surface area contributed by atoms with Crippen LogP contribution in [0.4, 0.5) is 0 Å². The maximum Gasteiger partial charge on any atom is 0.307 e. The number of rotatable bonds is 6. The molecule has 0 saturated carbocycles. The van der Waals surface area contributed by atoms with Crippen molar-refractivity contribution >= 4 is 17.8 Å². The summed E-state index contributed by atoms with van der Waals surface area (Å²) in [5.74, 6) is -2.73. The lowest BCUT2D eigenvalue weighted by atomic mass is 9.95. The van der Waals surface area contributed by atoms with E-state index in [-0.39, 0.29) is 24.8 Å². The first-order chi connectivity index (χ1) is 9.43. The number of carboxylic acids is 1. The molecular weight excluding hydrogens is 264 g/mol. The van der Waals surface area contributed by atoms with Gasteiger partial charge in [-0.15, -0.1) is 0 Å². The zero-order chi connectivity index (χ0) is 15.1. The molecular formula is C13H22N2O5. The lowest BCUT2D eigenvalue weighted by Gasteiger charge is -2.27. The number of hydrogen-bond acceptors (Lipinski definition) is 4. The molecule has 2 atom stereocenters. The van der Waals surface area contributed by atoms with Gasteiger partial charge in [0.1, 0.15) is 0 Å². The second-order valence-electron chi connectivity index (χ2n) is 4.95. The molecule has 0 aromatic carbocycles. The number of aliphatic carboxylic acids is 1. The first-order valence-corrected chi connectivity index (χ1v) is 6.79. The van der Waals surface area contributed by atoms with Crippen LogP contribution < -0.4 is 5.32 Å². The highest BCUT2D eigenvalue weighted by atomic mass is 16.5. The maximum absolute atomic E-state index is 11.8. The van der Waals surface area contributed by atoms with E-state index in [9.17, 15) is 14.4 Å². The smallest absolute Gasteiger partial charge is 0.307 e. The number of carbonyl (C=O) groups excluding carboxylic acids is 2. The van der Waals surface area contributed by atoms with Crippen LogP contribution in [0.15, 0.2) is 0 Å². The van der Waals surface area contributed by atoms with Crippen molar-refractivity contribution in [3.05, 3.63) is 0 Å². The van der Waals surface area contributed by atoms with Crippen LogP contribution in [-0.2, 0) is 19.1 Å². The molecule has 0 bridgehead atoms. The molecule has 0 radical (unpaired) electrons. The molecule has 2 unspecified atom stereocenters. The SMILES string of the molecule is CC(C(=O)O)C(C)C(=O)NCCC(=O)N1CCOCC1. The Balaban J connectivity index is 2.27. The fourth-order valence-corrected chi connectivity index (χ4v) is 1.87. The molecule has 1 aliphatic rings. The summed E-state index contributed by atoms with van der Waals surface area (Å²) in [6, 6.07) is 0. The molecule has 1 saturated heterocycles. The third-order valence-electron chi connectivity index (χ3n) is 3.55. The molecule has 0 aromatic rings. The predicted octanol–water partition coefficient (Wildman–Crippen LogP) is -0.292. The molecule has 2 amide bonds. The van der Waals surface area contributed by atoms with E-state index in [0.717, 1.165) is 0 Å². The van der Waals surface area contributed by atoms with Crippen LogP contribution in [0.2, 0.25) is 0 Å². The molecule has 7 heteroatoms. The van der Waals surface area contributed by atoms with Gasteiger partial charge in [0.05, 0.1) is 19.1 Å². The summed E-state index contributed by atoms with van der Waals surface area (Å²) in [5.41, 5.74) is 0. The van der Waals surface area contributed by atoms with Crippen LogP contribution in [0, 0.1) is 11.8 Å². The third-order valence-corrected chi connectivity index (χ3v) is 3.55. The normalized spacial score (nSPS) is 18.2. The zero-order valence-electron chi connectivity index (χ0n) is 11.9. The van der Waals surface area contributed by atoms with Crippen molar-refractivity contribution in [2.45, 2.75) is 20.3 Å². The van der Waals surface area contributed by atoms with E-state index in [0.29, 0.717) is 26.3 Å². The van der Waals surface area contributed by atoms with Crippen molar-refractivity contribution in [2.75, 3.05) is 32.8 Å². The highest BCUT2D eigenvalue weighted by molar-refractivity contribution is 5.84. The minimum Gasteiger partial charge on any atom is -0.481 e. The number of morpholine rings is 1. The van der Waals surface area contributed by atoms with Crippen molar-refractivity contribution in [2.24, 2.45) is 11.8 Å². The Kier molecular flexibility index (Phi) is 6.44. The Morgan fingerprint density at radius 3 is 2.35 bits per heavy atom. The van der Waals surface area contributed by atoms with Crippen molar-refractivity contribution in [1.82, 2.24) is 10.2 Å². The van der Waals surface area contributed by atoms with Crippen LogP contribution in [0.1, 0.15) is 20.3 Å². The molecule has 114 valence electrons. The molecule has 1 rings (SSSR count). The van der Waals surface area contributed by atoms with E-state index in [4.69, 9.17) is 9.84 Å². The quantitative estimate of drug-likeness (QED) is 0.699. The standard InChI is InChI=1S/C13H22N2O5/c1-9(10(2)13(18)19)12(17)14-4-3-11(16)15-5-7-20-8-6-15/h9-10H,3-8H2,1-2H3,(H,14,17)(H,18,19). The summed E-state index contributed by atoms with van der Waals surface area (Å²) in [7, 11) is 0. The van der Waals surface area contributed by atoms with Gasteiger partial charge in [-0.2, -0.15) is 0 Å². The van der Waals surface area contributed by atoms with Crippen molar-refractivity contribution in [3.8, 4) is 0 Å². The van der Waals surface area contributed by atoms with Gasteiger partial charge in [0.15, 0.2) is 0 Å². The Bertz CT molecular complexity index is 366. The summed E-state index contributed by atoms with van der Waals surface area (Å²) in [6.07, 6.45) is 0.222. The van der Waals surface area contributed by atoms with Gasteiger partial charge in [-0.3, -0.25) is 14.4 Å². The summed E-state index contributed by atoms with van der Waals surface area (Å²) in [4.78, 5) is 36.0. The molecule has 0 spiro atoms. The van der Waals surface area contributed by atoms with E-state index < -0.39 is 17.8 Å². The molecule has 0 aliphatic carbocycles. The first kappa shape index (κ1) is 16.4. The number of hydrogen-bond donors (Lipinski definition) is 2. The molecule has 1 aliphatic heterocycles. The number of amides is 2. The van der Waals surface area contributed by atoms with Crippen LogP contribution in [0.25, 0.3) is 0 Å². The van der Waals surface area contributed by atoms with Gasteiger partial charge in [-0.1, -0.05) is 13.8 Å². The molecule has 7 nitrogen and oxygen atoms in total. The fraction of sp³-hybridized carbons (Fsp3) is 0.769. The molecule has 20 heavy (non-hydrogen) atoms. The Morgan fingerprint density at radius 2 is 1.80 bits per heavy atom. The van der Waals surface area contributed by atoms with Crippen LogP contribution in [0.3, 0.4) is 0 Å². The van der Waals surface area contributed by atoms with Crippen LogP contribution >= 0.6 is 0 Å². The number of carbonyl (C=O) groups is 3. The monoisotopic (exact) mass is 286 g/mol. The third kappa shape index (κ3) is 4.80. The predicted molar refractivity (Wildman–Crippen MR) is 71.0 cm³/mol. The van der Waals surface area contributed by atoms with E-state index in [1.807, 2.05) is 0 Å². The van der Waals surface area contributed by atoms with Gasteiger partial charge >= 0.3 is 5.97 Å². The van der Waals surface area contributed by atoms with Gasteiger partial charge in [-0.05, 0) is 0 Å². The second kappa shape index (κ2) is 7.84. The number of nitrogens with zero attached hydrogens (tertiary/aromatic N) is 1. The number of carboxylic acid groups (broad SMARTS) is 1. The largest absolute Gasteiger partial charge is 0.481 e. The minimum absolute atomic E-state index is 0.0208. The average Bonchev–Trinajstić information content (AvgIpc) is 2.46. The van der Waals surface area contributed by atoms with Gasteiger partial charge in [0, 0.05) is 32.0 Å². The molecule has 1 fully saturated rings. The highest BCUT2D eigenvalue weighted by Gasteiger charge is 2.25. The van der Waals surface area contributed by atoms with Gasteiger partial charge in [0.2, 0.25) is 11.8 Å². The van der Waals surface area contributed by atoms with Crippen LogP contribution in [-0.4, -0.2) is 60.6 Å². The Morgan fingerprint density at radius 1 is 1.20 bits per heavy atom. The number of ether oxygens (including phenoxy) is 1. The van der Waals surface area contributed by atoms with Gasteiger partial charge < -0.3 is 20.1 Å². The summed E-state index contributed by atoms with van der Waals surface area (Å²) >= 11 is 0. The summed E-state index contributed by atoms with van der Waals surface area (Å²) < 4.78 is 5.15. The average molecular weight is 286 g/mol.